The first-order valence-corrected chi connectivity index (χ1v) is 9.24. The van der Waals surface area contributed by atoms with Crippen molar-refractivity contribution < 1.29 is 14.7 Å². The van der Waals surface area contributed by atoms with Gasteiger partial charge in [0.05, 0.1) is 5.39 Å². The second-order valence-corrected chi connectivity index (χ2v) is 8.17. The van der Waals surface area contributed by atoms with E-state index in [4.69, 9.17) is 5.11 Å². The maximum absolute atomic E-state index is 12.3. The molecule has 2 N–H and O–H groups in total. The number of fused-ring (bicyclic) bond motifs is 3. The van der Waals surface area contributed by atoms with Crippen molar-refractivity contribution in [1.29, 1.82) is 0 Å². The molecule has 25 heavy (non-hydrogen) atoms. The maximum Gasteiger partial charge on any atom is 0.372 e. The first-order chi connectivity index (χ1) is 11.9. The molecule has 0 bridgehead atoms. The van der Waals surface area contributed by atoms with Crippen molar-refractivity contribution in [3.63, 3.8) is 0 Å². The van der Waals surface area contributed by atoms with Gasteiger partial charge in [-0.3, -0.25) is 9.59 Å². The fourth-order valence-electron chi connectivity index (χ4n) is 4.16. The summed E-state index contributed by atoms with van der Waals surface area (Å²) in [4.78, 5) is 45.0. The van der Waals surface area contributed by atoms with Gasteiger partial charge in [0.2, 0.25) is 11.7 Å². The predicted molar refractivity (Wildman–Crippen MR) is 93.1 cm³/mol. The zero-order valence-electron chi connectivity index (χ0n) is 13.9. The molecular formula is C17H19N3O4S. The van der Waals surface area contributed by atoms with E-state index in [2.05, 4.69) is 9.97 Å². The van der Waals surface area contributed by atoms with E-state index in [0.717, 1.165) is 55.6 Å². The highest BCUT2D eigenvalue weighted by Gasteiger charge is 2.39. The lowest BCUT2D eigenvalue weighted by Crippen LogP contribution is -2.44. The molecule has 4 rings (SSSR count). The number of hydrogen-bond acceptors (Lipinski definition) is 5. The lowest BCUT2D eigenvalue weighted by atomic mass is 9.68. The fraction of sp³-hybridized carbons (Fsp3) is 0.529. The van der Waals surface area contributed by atoms with Crippen molar-refractivity contribution in [2.45, 2.75) is 39.0 Å². The van der Waals surface area contributed by atoms with E-state index in [-0.39, 0.29) is 22.7 Å². The van der Waals surface area contributed by atoms with E-state index in [1.807, 2.05) is 4.90 Å². The Kier molecular flexibility index (Phi) is 3.68. The third-order valence-corrected chi connectivity index (χ3v) is 6.78. The number of H-pyrrole nitrogens is 1. The summed E-state index contributed by atoms with van der Waals surface area (Å²) < 4.78 is 0. The van der Waals surface area contributed by atoms with Gasteiger partial charge in [0.15, 0.2) is 0 Å². The van der Waals surface area contributed by atoms with E-state index in [1.165, 1.54) is 11.3 Å². The predicted octanol–water partition coefficient (Wildman–Crippen LogP) is 1.80. The van der Waals surface area contributed by atoms with Crippen LogP contribution in [0.15, 0.2) is 4.79 Å². The summed E-state index contributed by atoms with van der Waals surface area (Å²) in [5.74, 6) is -1.40. The van der Waals surface area contributed by atoms with Crippen molar-refractivity contribution in [3.05, 3.63) is 26.6 Å². The van der Waals surface area contributed by atoms with Crippen LogP contribution in [-0.4, -0.2) is 44.9 Å². The summed E-state index contributed by atoms with van der Waals surface area (Å²) in [5, 5.41) is 9.64. The fourth-order valence-corrected chi connectivity index (χ4v) is 5.55. The molecule has 132 valence electrons. The number of carboxylic acid groups (broad SMARTS) is 1. The van der Waals surface area contributed by atoms with Crippen LogP contribution in [0.2, 0.25) is 0 Å². The normalized spacial score (nSPS) is 19.2. The highest BCUT2D eigenvalue weighted by atomic mass is 32.1. The number of aromatic carboxylic acids is 1. The number of aryl methyl sites for hydroxylation is 1. The molecule has 1 saturated heterocycles. The number of carbonyl (C=O) groups excluding carboxylic acids is 1. The quantitative estimate of drug-likeness (QED) is 0.806. The highest BCUT2D eigenvalue weighted by molar-refractivity contribution is 7.18. The van der Waals surface area contributed by atoms with Crippen LogP contribution in [0.5, 0.6) is 0 Å². The lowest BCUT2D eigenvalue weighted by molar-refractivity contribution is -0.131. The van der Waals surface area contributed by atoms with E-state index in [1.54, 1.807) is 6.92 Å². The standard InChI is InChI=1S/C17H19N3O4S/c1-9(21)20-6-4-17(5-7-20)3-2-10-11(8-17)25-15-12(10)14(22)18-13(19-15)16(23)24/h2-8H2,1H3,(H,23,24)(H,18,19,22). The Morgan fingerprint density at radius 2 is 2.00 bits per heavy atom. The molecule has 0 saturated carbocycles. The first kappa shape index (κ1) is 16.3. The first-order valence-electron chi connectivity index (χ1n) is 8.42. The van der Waals surface area contributed by atoms with Gasteiger partial charge in [-0.05, 0) is 43.1 Å². The number of carbonyl (C=O) groups is 2. The molecular weight excluding hydrogens is 342 g/mol. The summed E-state index contributed by atoms with van der Waals surface area (Å²) >= 11 is 1.45. The summed E-state index contributed by atoms with van der Waals surface area (Å²) in [6.07, 6.45) is 4.65. The minimum Gasteiger partial charge on any atom is -0.475 e. The second kappa shape index (κ2) is 5.66. The van der Waals surface area contributed by atoms with Crippen molar-refractivity contribution in [1.82, 2.24) is 14.9 Å². The summed E-state index contributed by atoms with van der Waals surface area (Å²) in [7, 11) is 0. The van der Waals surface area contributed by atoms with Crippen LogP contribution in [0, 0.1) is 5.41 Å². The lowest BCUT2D eigenvalue weighted by Gasteiger charge is -2.43. The van der Waals surface area contributed by atoms with Crippen molar-refractivity contribution in [2.75, 3.05) is 13.1 Å². The molecule has 0 radical (unpaired) electrons. The van der Waals surface area contributed by atoms with Gasteiger partial charge in [-0.25, -0.2) is 9.78 Å². The SMILES string of the molecule is CC(=O)N1CCC2(CCc3c(sc4nc(C(=O)O)[nH]c(=O)c34)C2)CC1. The molecule has 2 aromatic heterocycles. The average molecular weight is 361 g/mol. The van der Waals surface area contributed by atoms with E-state index in [9.17, 15) is 14.4 Å². The van der Waals surface area contributed by atoms with Gasteiger partial charge in [-0.15, -0.1) is 11.3 Å². The van der Waals surface area contributed by atoms with Gasteiger partial charge < -0.3 is 15.0 Å². The van der Waals surface area contributed by atoms with Gasteiger partial charge in [0, 0.05) is 24.9 Å². The van der Waals surface area contributed by atoms with Gasteiger partial charge in [0.1, 0.15) is 4.83 Å². The smallest absolute Gasteiger partial charge is 0.372 e. The number of aromatic nitrogens is 2. The van der Waals surface area contributed by atoms with E-state index in [0.29, 0.717) is 10.2 Å². The van der Waals surface area contributed by atoms with Crippen LogP contribution in [0.25, 0.3) is 10.2 Å². The summed E-state index contributed by atoms with van der Waals surface area (Å²) in [6.45, 7) is 3.19. The zero-order valence-corrected chi connectivity index (χ0v) is 14.7. The van der Waals surface area contributed by atoms with Gasteiger partial charge in [-0.2, -0.15) is 0 Å². The molecule has 1 amide bonds. The molecule has 7 nitrogen and oxygen atoms in total. The number of likely N-dealkylation sites (tertiary alicyclic amines) is 1. The molecule has 0 atom stereocenters. The monoisotopic (exact) mass is 361 g/mol. The minimum atomic E-state index is -1.22. The second-order valence-electron chi connectivity index (χ2n) is 7.09. The Balaban J connectivity index is 1.68. The van der Waals surface area contributed by atoms with Crippen LogP contribution in [-0.2, 0) is 17.6 Å². The summed E-state index contributed by atoms with van der Waals surface area (Å²) in [5.41, 5.74) is 0.856. The van der Waals surface area contributed by atoms with Crippen LogP contribution < -0.4 is 5.56 Å². The highest BCUT2D eigenvalue weighted by Crippen LogP contribution is 2.47. The van der Waals surface area contributed by atoms with Crippen molar-refractivity contribution >= 4 is 33.4 Å². The molecule has 2 aromatic rings. The molecule has 3 heterocycles. The number of thiophene rings is 1. The molecule has 0 unspecified atom stereocenters. The molecule has 2 aliphatic rings. The maximum atomic E-state index is 12.3. The van der Waals surface area contributed by atoms with Crippen molar-refractivity contribution in [2.24, 2.45) is 5.41 Å². The topological polar surface area (TPSA) is 103 Å². The molecule has 1 aliphatic carbocycles. The Labute approximate surface area is 147 Å². The van der Waals surface area contributed by atoms with Gasteiger partial charge in [0.25, 0.3) is 5.56 Å². The number of amides is 1. The number of carboxylic acids is 1. The van der Waals surface area contributed by atoms with Crippen LogP contribution in [0.3, 0.4) is 0 Å². The zero-order chi connectivity index (χ0) is 17.8. The molecule has 8 heteroatoms. The average Bonchev–Trinajstić information content (AvgIpc) is 2.92. The van der Waals surface area contributed by atoms with E-state index < -0.39 is 5.97 Å². The van der Waals surface area contributed by atoms with Gasteiger partial charge >= 0.3 is 5.97 Å². The Bertz CT molecular complexity index is 937. The number of hydrogen-bond donors (Lipinski definition) is 2. The molecule has 1 spiro atoms. The van der Waals surface area contributed by atoms with E-state index >= 15 is 0 Å². The Morgan fingerprint density at radius 1 is 1.28 bits per heavy atom. The largest absolute Gasteiger partial charge is 0.475 e. The van der Waals surface area contributed by atoms with Crippen LogP contribution in [0.1, 0.15) is 47.2 Å². The third kappa shape index (κ3) is 2.64. The number of rotatable bonds is 1. The Morgan fingerprint density at radius 3 is 2.64 bits per heavy atom. The van der Waals surface area contributed by atoms with Crippen LogP contribution >= 0.6 is 11.3 Å². The number of aromatic amines is 1. The minimum absolute atomic E-state index is 0.130. The number of nitrogens with zero attached hydrogens (tertiary/aromatic N) is 2. The third-order valence-electron chi connectivity index (χ3n) is 5.66. The summed E-state index contributed by atoms with van der Waals surface area (Å²) in [6, 6.07) is 0. The number of nitrogens with one attached hydrogen (secondary N) is 1. The Hall–Kier alpha value is -2.22. The van der Waals surface area contributed by atoms with Crippen molar-refractivity contribution in [3.8, 4) is 0 Å². The molecule has 1 aliphatic heterocycles. The van der Waals surface area contributed by atoms with Crippen LogP contribution in [0.4, 0.5) is 0 Å². The molecule has 1 fully saturated rings. The molecule has 0 aromatic carbocycles. The van der Waals surface area contributed by atoms with Gasteiger partial charge in [-0.1, -0.05) is 0 Å². The number of piperidine rings is 1.